The molecule has 5 N–H and O–H groups in total. The van der Waals surface area contributed by atoms with Gasteiger partial charge in [0.2, 0.25) is 0 Å². The van der Waals surface area contributed by atoms with Crippen molar-refractivity contribution < 1.29 is 10.0 Å². The molecule has 0 aliphatic carbocycles. The fraction of sp³-hybridized carbons (Fsp3) is 0.227. The van der Waals surface area contributed by atoms with E-state index in [1.54, 1.807) is 18.2 Å². The zero-order valence-corrected chi connectivity index (χ0v) is 17.6. The van der Waals surface area contributed by atoms with Gasteiger partial charge in [0.05, 0.1) is 5.52 Å². The Morgan fingerprint density at radius 2 is 1.90 bits per heavy atom. The predicted molar refractivity (Wildman–Crippen MR) is 122 cm³/mol. The molecule has 4 rings (SSSR count). The van der Waals surface area contributed by atoms with Gasteiger partial charge in [0, 0.05) is 24.2 Å². The van der Waals surface area contributed by atoms with Crippen molar-refractivity contribution in [1.82, 2.24) is 19.7 Å². The van der Waals surface area contributed by atoms with E-state index in [1.165, 1.54) is 0 Å². The van der Waals surface area contributed by atoms with Gasteiger partial charge in [0.25, 0.3) is 5.95 Å². The maximum Gasteiger partial charge on any atom is 0.488 e. The fourth-order valence-electron chi connectivity index (χ4n) is 3.73. The first-order chi connectivity index (χ1) is 15.0. The summed E-state index contributed by atoms with van der Waals surface area (Å²) in [6.07, 6.45) is 0.681. The quantitative estimate of drug-likeness (QED) is 0.336. The zero-order chi connectivity index (χ0) is 22.0. The topological polar surface area (TPSA) is 122 Å². The Morgan fingerprint density at radius 3 is 2.65 bits per heavy atom. The Bertz CT molecular complexity index is 1220. The highest BCUT2D eigenvalue weighted by Crippen LogP contribution is 2.26. The Morgan fingerprint density at radius 1 is 1.10 bits per heavy atom. The minimum atomic E-state index is -1.50. The van der Waals surface area contributed by atoms with E-state index in [0.717, 1.165) is 33.4 Å². The van der Waals surface area contributed by atoms with Crippen molar-refractivity contribution in [2.45, 2.75) is 33.4 Å². The SMILES string of the molecule is CCc1nnc(-n2c(C)cc3c(CN)cccc32)nc1NCc1cccc(B(O)O)c1. The number of aromatic nitrogens is 4. The second kappa shape index (κ2) is 8.85. The Hall–Kier alpha value is -3.27. The molecular weight excluding hydrogens is 391 g/mol. The van der Waals surface area contributed by atoms with Crippen LogP contribution in [-0.4, -0.2) is 36.9 Å². The summed E-state index contributed by atoms with van der Waals surface area (Å²) in [4.78, 5) is 4.77. The van der Waals surface area contributed by atoms with Crippen molar-refractivity contribution in [3.63, 3.8) is 0 Å². The molecule has 0 unspecified atom stereocenters. The highest BCUT2D eigenvalue weighted by molar-refractivity contribution is 6.58. The number of aryl methyl sites for hydroxylation is 2. The van der Waals surface area contributed by atoms with Crippen LogP contribution in [0.25, 0.3) is 16.9 Å². The van der Waals surface area contributed by atoms with E-state index in [4.69, 9.17) is 10.7 Å². The third-order valence-electron chi connectivity index (χ3n) is 5.33. The largest absolute Gasteiger partial charge is 0.488 e. The molecule has 0 fully saturated rings. The van der Waals surface area contributed by atoms with E-state index in [2.05, 4.69) is 21.6 Å². The lowest BCUT2D eigenvalue weighted by atomic mass is 9.80. The lowest BCUT2D eigenvalue weighted by molar-refractivity contribution is 0.425. The first-order valence-electron chi connectivity index (χ1n) is 10.2. The van der Waals surface area contributed by atoms with Crippen molar-refractivity contribution in [2.75, 3.05) is 5.32 Å². The predicted octanol–water partition coefficient (Wildman–Crippen LogP) is 1.44. The molecular formula is C22H25BN6O2. The van der Waals surface area contributed by atoms with E-state index < -0.39 is 7.12 Å². The molecule has 158 valence electrons. The van der Waals surface area contributed by atoms with Gasteiger partial charge in [-0.05, 0) is 42.1 Å². The second-order valence-electron chi connectivity index (χ2n) is 7.41. The molecule has 2 aromatic heterocycles. The number of nitrogens with zero attached hydrogens (tertiary/aromatic N) is 4. The van der Waals surface area contributed by atoms with Crippen LogP contribution in [0.3, 0.4) is 0 Å². The van der Waals surface area contributed by atoms with Gasteiger partial charge < -0.3 is 21.1 Å². The third kappa shape index (κ3) is 4.16. The monoisotopic (exact) mass is 416 g/mol. The average Bonchev–Trinajstić information content (AvgIpc) is 3.13. The molecule has 0 spiro atoms. The number of hydrogen-bond donors (Lipinski definition) is 4. The van der Waals surface area contributed by atoms with Gasteiger partial charge >= 0.3 is 7.12 Å². The normalized spacial score (nSPS) is 11.1. The molecule has 8 nitrogen and oxygen atoms in total. The van der Waals surface area contributed by atoms with Gasteiger partial charge in [-0.25, -0.2) is 0 Å². The van der Waals surface area contributed by atoms with Gasteiger partial charge in [-0.3, -0.25) is 4.57 Å². The summed E-state index contributed by atoms with van der Waals surface area (Å²) < 4.78 is 1.98. The summed E-state index contributed by atoms with van der Waals surface area (Å²) in [5.74, 6) is 1.14. The van der Waals surface area contributed by atoms with E-state index in [-0.39, 0.29) is 0 Å². The number of hydrogen-bond acceptors (Lipinski definition) is 7. The van der Waals surface area contributed by atoms with Crippen LogP contribution in [-0.2, 0) is 19.5 Å². The number of nitrogens with two attached hydrogens (primary N) is 1. The van der Waals surface area contributed by atoms with E-state index in [1.807, 2.05) is 42.7 Å². The molecule has 0 saturated heterocycles. The van der Waals surface area contributed by atoms with E-state index in [9.17, 15) is 10.0 Å². The highest BCUT2D eigenvalue weighted by atomic mass is 16.4. The number of fused-ring (bicyclic) bond motifs is 1. The summed E-state index contributed by atoms with van der Waals surface area (Å²) in [6.45, 7) is 4.94. The molecule has 4 aromatic rings. The van der Waals surface area contributed by atoms with Crippen molar-refractivity contribution in [2.24, 2.45) is 5.73 Å². The summed E-state index contributed by atoms with van der Waals surface area (Å²) in [6, 6.07) is 15.2. The van der Waals surface area contributed by atoms with Crippen LogP contribution in [0.2, 0.25) is 0 Å². The Balaban J connectivity index is 1.70. The molecule has 31 heavy (non-hydrogen) atoms. The summed E-state index contributed by atoms with van der Waals surface area (Å²) in [5.41, 5.74) is 11.1. The van der Waals surface area contributed by atoms with Gasteiger partial charge in [-0.2, -0.15) is 4.98 Å². The highest BCUT2D eigenvalue weighted by Gasteiger charge is 2.16. The van der Waals surface area contributed by atoms with Crippen LogP contribution in [0, 0.1) is 6.92 Å². The molecule has 0 saturated carbocycles. The molecule has 0 radical (unpaired) electrons. The lowest BCUT2D eigenvalue weighted by Gasteiger charge is -2.13. The van der Waals surface area contributed by atoms with Crippen LogP contribution in [0.4, 0.5) is 5.82 Å². The second-order valence-corrected chi connectivity index (χ2v) is 7.41. The molecule has 0 aliphatic heterocycles. The number of benzene rings is 2. The molecule has 2 heterocycles. The van der Waals surface area contributed by atoms with Crippen molar-refractivity contribution >= 4 is 29.3 Å². The smallest absolute Gasteiger partial charge is 0.423 e. The molecule has 2 aromatic carbocycles. The van der Waals surface area contributed by atoms with Crippen LogP contribution >= 0.6 is 0 Å². The van der Waals surface area contributed by atoms with Crippen LogP contribution < -0.4 is 16.5 Å². The first kappa shape index (κ1) is 21.0. The number of anilines is 1. The molecule has 0 amide bonds. The Kier molecular flexibility index (Phi) is 5.99. The van der Waals surface area contributed by atoms with Crippen molar-refractivity contribution in [1.29, 1.82) is 0 Å². The summed E-state index contributed by atoms with van der Waals surface area (Å²) in [7, 11) is -1.50. The van der Waals surface area contributed by atoms with Crippen LogP contribution in [0.15, 0.2) is 48.5 Å². The maximum atomic E-state index is 9.40. The van der Waals surface area contributed by atoms with Gasteiger partial charge in [-0.15, -0.1) is 10.2 Å². The lowest BCUT2D eigenvalue weighted by Crippen LogP contribution is -2.30. The van der Waals surface area contributed by atoms with Crippen molar-refractivity contribution in [3.05, 3.63) is 71.0 Å². The first-order valence-corrected chi connectivity index (χ1v) is 10.2. The molecule has 0 aliphatic rings. The fourth-order valence-corrected chi connectivity index (χ4v) is 3.73. The van der Waals surface area contributed by atoms with Crippen molar-refractivity contribution in [3.8, 4) is 5.95 Å². The van der Waals surface area contributed by atoms with E-state index >= 15 is 0 Å². The number of nitrogens with one attached hydrogen (secondary N) is 1. The van der Waals surface area contributed by atoms with Crippen LogP contribution in [0.1, 0.15) is 29.4 Å². The average molecular weight is 416 g/mol. The van der Waals surface area contributed by atoms with Gasteiger partial charge in [0.15, 0.2) is 5.82 Å². The zero-order valence-electron chi connectivity index (χ0n) is 17.6. The summed E-state index contributed by atoms with van der Waals surface area (Å²) >= 11 is 0. The van der Waals surface area contributed by atoms with E-state index in [0.29, 0.717) is 36.7 Å². The van der Waals surface area contributed by atoms with Gasteiger partial charge in [-0.1, -0.05) is 43.3 Å². The maximum absolute atomic E-state index is 9.40. The third-order valence-corrected chi connectivity index (χ3v) is 5.33. The molecule has 0 bridgehead atoms. The standard InChI is InChI=1S/C22H25BN6O2/c1-3-19-21(25-13-15-6-4-8-17(11-15)23(30)31)26-22(28-27-19)29-14(2)10-18-16(12-24)7-5-9-20(18)29/h4-11,30-31H,3,12-13,24H2,1-2H3,(H,25,26,28). The summed E-state index contributed by atoms with van der Waals surface area (Å²) in [5, 5.41) is 32.0. The number of rotatable bonds is 7. The Labute approximate surface area is 180 Å². The minimum Gasteiger partial charge on any atom is -0.423 e. The minimum absolute atomic E-state index is 0.446. The van der Waals surface area contributed by atoms with Crippen LogP contribution in [0.5, 0.6) is 0 Å². The van der Waals surface area contributed by atoms with Gasteiger partial charge in [0.1, 0.15) is 5.69 Å². The molecule has 9 heteroatoms. The molecule has 0 atom stereocenters.